The summed E-state index contributed by atoms with van der Waals surface area (Å²) in [5, 5.41) is 2.94. The molecule has 0 bridgehead atoms. The van der Waals surface area contributed by atoms with E-state index in [1.54, 1.807) is 0 Å². The summed E-state index contributed by atoms with van der Waals surface area (Å²) in [5.74, 6) is 0.931. The van der Waals surface area contributed by atoms with Gasteiger partial charge in [0.1, 0.15) is 0 Å². The molecule has 3 N–H and O–H groups in total. The van der Waals surface area contributed by atoms with Crippen LogP contribution in [0.15, 0.2) is 0 Å². The van der Waals surface area contributed by atoms with Crippen LogP contribution in [0, 0.1) is 5.92 Å². The average Bonchev–Trinajstić information content (AvgIpc) is 2.36. The van der Waals surface area contributed by atoms with Gasteiger partial charge in [0.25, 0.3) is 0 Å². The first kappa shape index (κ1) is 14.5. The number of nitrogens with two attached hydrogens (primary N) is 1. The molecule has 1 saturated carbocycles. The van der Waals surface area contributed by atoms with Gasteiger partial charge in [0.2, 0.25) is 5.91 Å². The van der Waals surface area contributed by atoms with Gasteiger partial charge in [0, 0.05) is 6.54 Å². The van der Waals surface area contributed by atoms with E-state index >= 15 is 0 Å². The maximum atomic E-state index is 11.5. The number of nitrogens with one attached hydrogen (secondary N) is 1. The van der Waals surface area contributed by atoms with Crippen LogP contribution in [0.25, 0.3) is 0 Å². The SMILES string of the molecule is CCCC(N)C(=O)NCCCC1CCCCC1. The standard InChI is InChI=1S/C14H28N2O/c1-2-7-13(15)14(17)16-11-6-10-12-8-4-3-5-9-12/h12-13H,2-11,15H2,1H3,(H,16,17). The molecule has 100 valence electrons. The van der Waals surface area contributed by atoms with Gasteiger partial charge in [-0.3, -0.25) is 4.79 Å². The zero-order chi connectivity index (χ0) is 12.5. The molecule has 0 spiro atoms. The topological polar surface area (TPSA) is 55.1 Å². The van der Waals surface area contributed by atoms with Crippen molar-refractivity contribution >= 4 is 5.91 Å². The van der Waals surface area contributed by atoms with E-state index in [0.29, 0.717) is 0 Å². The lowest BCUT2D eigenvalue weighted by atomic mass is 9.86. The second kappa shape index (κ2) is 8.51. The fraction of sp³-hybridized carbons (Fsp3) is 0.929. The van der Waals surface area contributed by atoms with E-state index in [2.05, 4.69) is 12.2 Å². The Morgan fingerprint density at radius 3 is 2.71 bits per heavy atom. The highest BCUT2D eigenvalue weighted by atomic mass is 16.2. The molecule has 0 aliphatic heterocycles. The summed E-state index contributed by atoms with van der Waals surface area (Å²) in [6.45, 7) is 2.85. The lowest BCUT2D eigenvalue weighted by Crippen LogP contribution is -2.40. The summed E-state index contributed by atoms with van der Waals surface area (Å²) in [6, 6.07) is -0.310. The molecule has 0 radical (unpaired) electrons. The number of carbonyl (C=O) groups excluding carboxylic acids is 1. The van der Waals surface area contributed by atoms with Gasteiger partial charge in [-0.1, -0.05) is 45.4 Å². The molecule has 1 amide bonds. The summed E-state index contributed by atoms with van der Waals surface area (Å²) < 4.78 is 0. The maximum Gasteiger partial charge on any atom is 0.236 e. The summed E-state index contributed by atoms with van der Waals surface area (Å²) in [5.41, 5.74) is 5.74. The summed E-state index contributed by atoms with van der Waals surface area (Å²) in [7, 11) is 0. The van der Waals surface area contributed by atoms with Crippen LogP contribution in [-0.4, -0.2) is 18.5 Å². The highest BCUT2D eigenvalue weighted by Crippen LogP contribution is 2.26. The van der Waals surface area contributed by atoms with Crippen molar-refractivity contribution in [1.82, 2.24) is 5.32 Å². The first-order valence-corrected chi connectivity index (χ1v) is 7.27. The number of carbonyl (C=O) groups is 1. The average molecular weight is 240 g/mol. The predicted molar refractivity (Wildman–Crippen MR) is 71.7 cm³/mol. The van der Waals surface area contributed by atoms with Crippen LogP contribution in [0.4, 0.5) is 0 Å². The molecular formula is C14H28N2O. The summed E-state index contributed by atoms with van der Waals surface area (Å²) >= 11 is 0. The minimum absolute atomic E-state index is 0.0236. The zero-order valence-corrected chi connectivity index (χ0v) is 11.2. The smallest absolute Gasteiger partial charge is 0.236 e. The fourth-order valence-electron chi connectivity index (χ4n) is 2.65. The van der Waals surface area contributed by atoms with E-state index in [1.807, 2.05) is 0 Å². The first-order valence-electron chi connectivity index (χ1n) is 7.27. The van der Waals surface area contributed by atoms with Gasteiger partial charge >= 0.3 is 0 Å². The van der Waals surface area contributed by atoms with E-state index < -0.39 is 0 Å². The van der Waals surface area contributed by atoms with Crippen molar-refractivity contribution in [2.24, 2.45) is 11.7 Å². The van der Waals surface area contributed by atoms with Crippen LogP contribution in [0.1, 0.15) is 64.7 Å². The second-order valence-electron chi connectivity index (χ2n) is 5.33. The Balaban J connectivity index is 2.01. The van der Waals surface area contributed by atoms with Crippen molar-refractivity contribution in [3.8, 4) is 0 Å². The fourth-order valence-corrected chi connectivity index (χ4v) is 2.65. The minimum Gasteiger partial charge on any atom is -0.355 e. The van der Waals surface area contributed by atoms with Gasteiger partial charge in [-0.15, -0.1) is 0 Å². The van der Waals surface area contributed by atoms with Gasteiger partial charge in [0.15, 0.2) is 0 Å². The molecule has 0 heterocycles. The Kier molecular flexibility index (Phi) is 7.25. The molecule has 3 nitrogen and oxygen atoms in total. The van der Waals surface area contributed by atoms with Crippen molar-refractivity contribution < 1.29 is 4.79 Å². The predicted octanol–water partition coefficient (Wildman–Crippen LogP) is 2.59. The maximum absolute atomic E-state index is 11.5. The second-order valence-corrected chi connectivity index (χ2v) is 5.33. The molecule has 1 aliphatic carbocycles. The summed E-state index contributed by atoms with van der Waals surface area (Å²) in [4.78, 5) is 11.5. The Morgan fingerprint density at radius 2 is 2.06 bits per heavy atom. The van der Waals surface area contributed by atoms with E-state index in [1.165, 1.54) is 38.5 Å². The molecule has 1 fully saturated rings. The van der Waals surface area contributed by atoms with Gasteiger partial charge in [-0.05, 0) is 25.2 Å². The molecule has 3 heteroatoms. The van der Waals surface area contributed by atoms with Gasteiger partial charge in [0.05, 0.1) is 6.04 Å². The van der Waals surface area contributed by atoms with Crippen LogP contribution < -0.4 is 11.1 Å². The van der Waals surface area contributed by atoms with Crippen LogP contribution in [0.2, 0.25) is 0 Å². The molecule has 1 rings (SSSR count). The van der Waals surface area contributed by atoms with Crippen molar-refractivity contribution in [2.45, 2.75) is 70.8 Å². The van der Waals surface area contributed by atoms with Crippen LogP contribution >= 0.6 is 0 Å². The van der Waals surface area contributed by atoms with E-state index in [4.69, 9.17) is 5.73 Å². The Hall–Kier alpha value is -0.570. The number of hydrogen-bond donors (Lipinski definition) is 2. The molecular weight excluding hydrogens is 212 g/mol. The zero-order valence-electron chi connectivity index (χ0n) is 11.2. The molecule has 0 saturated heterocycles. The normalized spacial score (nSPS) is 18.9. The lowest BCUT2D eigenvalue weighted by molar-refractivity contribution is -0.122. The molecule has 1 aliphatic rings. The van der Waals surface area contributed by atoms with Gasteiger partial charge in [-0.25, -0.2) is 0 Å². The summed E-state index contributed by atoms with van der Waals surface area (Å²) in [6.07, 6.45) is 11.1. The quantitative estimate of drug-likeness (QED) is 0.672. The monoisotopic (exact) mass is 240 g/mol. The third-order valence-electron chi connectivity index (χ3n) is 3.75. The van der Waals surface area contributed by atoms with Crippen LogP contribution in [0.3, 0.4) is 0 Å². The third-order valence-corrected chi connectivity index (χ3v) is 3.75. The van der Waals surface area contributed by atoms with Gasteiger partial charge in [-0.2, -0.15) is 0 Å². The van der Waals surface area contributed by atoms with Crippen LogP contribution in [-0.2, 0) is 4.79 Å². The van der Waals surface area contributed by atoms with Crippen LogP contribution in [0.5, 0.6) is 0 Å². The number of amides is 1. The minimum atomic E-state index is -0.310. The Morgan fingerprint density at radius 1 is 1.35 bits per heavy atom. The largest absolute Gasteiger partial charge is 0.355 e. The Bertz CT molecular complexity index is 212. The van der Waals surface area contributed by atoms with Gasteiger partial charge < -0.3 is 11.1 Å². The molecule has 17 heavy (non-hydrogen) atoms. The number of rotatable bonds is 7. The Labute approximate surface area is 106 Å². The van der Waals surface area contributed by atoms with Crippen molar-refractivity contribution in [3.05, 3.63) is 0 Å². The van der Waals surface area contributed by atoms with E-state index in [0.717, 1.165) is 31.7 Å². The molecule has 0 aromatic rings. The van der Waals surface area contributed by atoms with E-state index in [-0.39, 0.29) is 11.9 Å². The highest BCUT2D eigenvalue weighted by Gasteiger charge is 2.14. The van der Waals surface area contributed by atoms with E-state index in [9.17, 15) is 4.79 Å². The van der Waals surface area contributed by atoms with Crippen molar-refractivity contribution in [3.63, 3.8) is 0 Å². The number of hydrogen-bond acceptors (Lipinski definition) is 2. The van der Waals surface area contributed by atoms with Crippen molar-refractivity contribution in [2.75, 3.05) is 6.54 Å². The lowest BCUT2D eigenvalue weighted by Gasteiger charge is -2.21. The molecule has 0 aromatic carbocycles. The molecule has 0 aromatic heterocycles. The molecule has 1 atom stereocenters. The third kappa shape index (κ3) is 6.06. The molecule has 1 unspecified atom stereocenters. The highest BCUT2D eigenvalue weighted by molar-refractivity contribution is 5.81. The van der Waals surface area contributed by atoms with Crippen molar-refractivity contribution in [1.29, 1.82) is 0 Å². The first-order chi connectivity index (χ1) is 8.24.